The standard InChI is InChI=1S/C17H28N2O2/c1-4-21-15-10-14(11-19-12-15)16(18-2)17(20-3)13-8-6-5-7-9-13/h10-13,16-18H,4-9H2,1-3H3. The second-order valence-electron chi connectivity index (χ2n) is 5.75. The number of likely N-dealkylation sites (N-methyl/N-ethyl adjacent to an activating group) is 1. The predicted octanol–water partition coefficient (Wildman–Crippen LogP) is 3.34. The van der Waals surface area contributed by atoms with Crippen molar-refractivity contribution < 1.29 is 9.47 Å². The summed E-state index contributed by atoms with van der Waals surface area (Å²) in [7, 11) is 3.82. The highest BCUT2D eigenvalue weighted by atomic mass is 16.5. The first-order chi connectivity index (χ1) is 10.3. The number of methoxy groups -OCH3 is 1. The third-order valence-electron chi connectivity index (χ3n) is 4.43. The number of pyridine rings is 1. The Labute approximate surface area is 128 Å². The van der Waals surface area contributed by atoms with Gasteiger partial charge in [0, 0.05) is 13.3 Å². The van der Waals surface area contributed by atoms with E-state index in [2.05, 4.69) is 16.4 Å². The first-order valence-corrected chi connectivity index (χ1v) is 8.08. The van der Waals surface area contributed by atoms with Gasteiger partial charge in [0.1, 0.15) is 5.75 Å². The predicted molar refractivity (Wildman–Crippen MR) is 84.6 cm³/mol. The van der Waals surface area contributed by atoms with Crippen molar-refractivity contribution in [3.05, 3.63) is 24.0 Å². The summed E-state index contributed by atoms with van der Waals surface area (Å²) in [6.07, 6.45) is 10.4. The summed E-state index contributed by atoms with van der Waals surface area (Å²) in [5, 5.41) is 3.42. The second kappa shape index (κ2) is 8.35. The molecule has 1 aromatic rings. The minimum atomic E-state index is 0.158. The molecule has 0 aliphatic heterocycles. The van der Waals surface area contributed by atoms with Crippen molar-refractivity contribution in [2.24, 2.45) is 5.92 Å². The van der Waals surface area contributed by atoms with Crippen LogP contribution < -0.4 is 10.1 Å². The molecule has 0 spiro atoms. The Balaban J connectivity index is 2.17. The van der Waals surface area contributed by atoms with Crippen molar-refractivity contribution in [1.82, 2.24) is 10.3 Å². The number of nitrogens with zero attached hydrogens (tertiary/aromatic N) is 1. The number of aromatic nitrogens is 1. The first-order valence-electron chi connectivity index (χ1n) is 8.08. The number of rotatable bonds is 7. The molecular weight excluding hydrogens is 264 g/mol. The lowest BCUT2D eigenvalue weighted by Crippen LogP contribution is -2.37. The number of hydrogen-bond donors (Lipinski definition) is 1. The van der Waals surface area contributed by atoms with Crippen molar-refractivity contribution in [3.8, 4) is 5.75 Å². The van der Waals surface area contributed by atoms with Gasteiger partial charge in [0.05, 0.1) is 24.9 Å². The Morgan fingerprint density at radius 2 is 2.05 bits per heavy atom. The smallest absolute Gasteiger partial charge is 0.137 e. The Hall–Kier alpha value is -1.13. The summed E-state index contributed by atoms with van der Waals surface area (Å²) in [4.78, 5) is 4.31. The molecule has 21 heavy (non-hydrogen) atoms. The molecule has 1 aromatic heterocycles. The number of hydrogen-bond acceptors (Lipinski definition) is 4. The fourth-order valence-corrected chi connectivity index (χ4v) is 3.44. The van der Waals surface area contributed by atoms with Gasteiger partial charge >= 0.3 is 0 Å². The minimum absolute atomic E-state index is 0.158. The maximum atomic E-state index is 5.87. The molecule has 0 radical (unpaired) electrons. The fourth-order valence-electron chi connectivity index (χ4n) is 3.44. The molecule has 1 aliphatic carbocycles. The van der Waals surface area contributed by atoms with E-state index in [4.69, 9.17) is 9.47 Å². The van der Waals surface area contributed by atoms with E-state index >= 15 is 0 Å². The van der Waals surface area contributed by atoms with E-state index in [0.29, 0.717) is 12.5 Å². The molecule has 2 unspecified atom stereocenters. The van der Waals surface area contributed by atoms with Gasteiger partial charge in [-0.3, -0.25) is 4.98 Å². The summed E-state index contributed by atoms with van der Waals surface area (Å²) in [5.41, 5.74) is 1.14. The highest BCUT2D eigenvalue weighted by molar-refractivity contribution is 5.27. The molecular formula is C17H28N2O2. The van der Waals surface area contributed by atoms with Crippen molar-refractivity contribution in [2.75, 3.05) is 20.8 Å². The topological polar surface area (TPSA) is 43.4 Å². The lowest BCUT2D eigenvalue weighted by atomic mass is 9.81. The molecule has 1 aliphatic rings. The van der Waals surface area contributed by atoms with Crippen molar-refractivity contribution in [1.29, 1.82) is 0 Å². The van der Waals surface area contributed by atoms with Gasteiger partial charge in [0.15, 0.2) is 0 Å². The molecule has 118 valence electrons. The maximum absolute atomic E-state index is 5.87. The van der Waals surface area contributed by atoms with Gasteiger partial charge in [-0.05, 0) is 44.4 Å². The SMILES string of the molecule is CCOc1cncc(C(NC)C(OC)C2CCCCC2)c1. The minimum Gasteiger partial charge on any atom is -0.492 e. The zero-order chi connectivity index (χ0) is 15.1. The lowest BCUT2D eigenvalue weighted by Gasteiger charge is -2.35. The van der Waals surface area contributed by atoms with Crippen molar-refractivity contribution >= 4 is 0 Å². The second-order valence-corrected chi connectivity index (χ2v) is 5.75. The number of ether oxygens (including phenoxy) is 2. The molecule has 1 fully saturated rings. The van der Waals surface area contributed by atoms with E-state index in [1.165, 1.54) is 32.1 Å². The van der Waals surface area contributed by atoms with Crippen LogP contribution in [0.1, 0.15) is 50.6 Å². The van der Waals surface area contributed by atoms with Crippen LogP contribution in [0, 0.1) is 5.92 Å². The molecule has 2 rings (SSSR count). The van der Waals surface area contributed by atoms with Crippen LogP contribution in [-0.4, -0.2) is 31.9 Å². The third kappa shape index (κ3) is 4.17. The average molecular weight is 292 g/mol. The van der Waals surface area contributed by atoms with E-state index in [-0.39, 0.29) is 12.1 Å². The van der Waals surface area contributed by atoms with Gasteiger partial charge in [-0.25, -0.2) is 0 Å². The molecule has 4 heteroatoms. The summed E-state index contributed by atoms with van der Waals surface area (Å²) in [6, 6.07) is 2.23. The maximum Gasteiger partial charge on any atom is 0.137 e. The summed E-state index contributed by atoms with van der Waals surface area (Å²) >= 11 is 0. The zero-order valence-corrected chi connectivity index (χ0v) is 13.5. The van der Waals surface area contributed by atoms with Gasteiger partial charge in [-0.2, -0.15) is 0 Å². The van der Waals surface area contributed by atoms with Crippen molar-refractivity contribution in [3.63, 3.8) is 0 Å². The fraction of sp³-hybridized carbons (Fsp3) is 0.706. The monoisotopic (exact) mass is 292 g/mol. The Morgan fingerprint density at radius 1 is 1.29 bits per heavy atom. The molecule has 1 heterocycles. The normalized spacial score (nSPS) is 19.2. The Morgan fingerprint density at radius 3 is 2.67 bits per heavy atom. The van der Waals surface area contributed by atoms with Gasteiger partial charge < -0.3 is 14.8 Å². The molecule has 1 N–H and O–H groups in total. The van der Waals surface area contributed by atoms with Crippen LogP contribution in [-0.2, 0) is 4.74 Å². The quantitative estimate of drug-likeness (QED) is 0.837. The van der Waals surface area contributed by atoms with Crippen LogP contribution in [0.4, 0.5) is 0 Å². The molecule has 0 saturated heterocycles. The van der Waals surface area contributed by atoms with Crippen LogP contribution in [0.15, 0.2) is 18.5 Å². The van der Waals surface area contributed by atoms with E-state index in [0.717, 1.165) is 11.3 Å². The van der Waals surface area contributed by atoms with Gasteiger partial charge in [-0.15, -0.1) is 0 Å². The van der Waals surface area contributed by atoms with Crippen LogP contribution >= 0.6 is 0 Å². The average Bonchev–Trinajstić information content (AvgIpc) is 2.54. The van der Waals surface area contributed by atoms with E-state index in [1.54, 1.807) is 6.20 Å². The first kappa shape index (κ1) is 16.2. The van der Waals surface area contributed by atoms with E-state index < -0.39 is 0 Å². The molecule has 0 aromatic carbocycles. The van der Waals surface area contributed by atoms with Crippen molar-refractivity contribution in [2.45, 2.75) is 51.2 Å². The zero-order valence-electron chi connectivity index (χ0n) is 13.5. The number of nitrogens with one attached hydrogen (secondary N) is 1. The largest absolute Gasteiger partial charge is 0.492 e. The van der Waals surface area contributed by atoms with E-state index in [9.17, 15) is 0 Å². The summed E-state index contributed by atoms with van der Waals surface area (Å²) in [6.45, 7) is 2.65. The van der Waals surface area contributed by atoms with Gasteiger partial charge in [-0.1, -0.05) is 19.3 Å². The van der Waals surface area contributed by atoms with Crippen LogP contribution in [0.3, 0.4) is 0 Å². The van der Waals surface area contributed by atoms with E-state index in [1.807, 2.05) is 27.3 Å². The highest BCUT2D eigenvalue weighted by Crippen LogP contribution is 2.34. The highest BCUT2D eigenvalue weighted by Gasteiger charge is 2.31. The summed E-state index contributed by atoms with van der Waals surface area (Å²) in [5.74, 6) is 1.45. The van der Waals surface area contributed by atoms with Gasteiger partial charge in [0.25, 0.3) is 0 Å². The molecule has 1 saturated carbocycles. The Kier molecular flexibility index (Phi) is 6.46. The summed E-state index contributed by atoms with van der Waals surface area (Å²) < 4.78 is 11.4. The van der Waals surface area contributed by atoms with Gasteiger partial charge in [0.2, 0.25) is 0 Å². The van der Waals surface area contributed by atoms with Crippen LogP contribution in [0.2, 0.25) is 0 Å². The third-order valence-corrected chi connectivity index (χ3v) is 4.43. The molecule has 4 nitrogen and oxygen atoms in total. The van der Waals surface area contributed by atoms with Crippen LogP contribution in [0.5, 0.6) is 5.75 Å². The lowest BCUT2D eigenvalue weighted by molar-refractivity contribution is 0.00928. The molecule has 0 bridgehead atoms. The van der Waals surface area contributed by atoms with Crippen LogP contribution in [0.25, 0.3) is 0 Å². The molecule has 0 amide bonds. The Bertz CT molecular complexity index is 419. The molecule has 2 atom stereocenters.